The van der Waals surface area contributed by atoms with E-state index in [9.17, 15) is 0 Å². The molecular weight excluding hydrogens is 616 g/mol. The zero-order valence-electron chi connectivity index (χ0n) is 25.5. The van der Waals surface area contributed by atoms with Gasteiger partial charge in [-0.15, -0.1) is 0 Å². The van der Waals surface area contributed by atoms with Gasteiger partial charge in [0.1, 0.15) is 5.40 Å². The van der Waals surface area contributed by atoms with Crippen LogP contribution in [0.3, 0.4) is 0 Å². The Morgan fingerprint density at radius 3 is 1.00 bits per heavy atom. The van der Waals surface area contributed by atoms with Crippen LogP contribution in [-0.4, -0.2) is 15.0 Å². The number of hydrogen-bond acceptors (Lipinski definition) is 5. The van der Waals surface area contributed by atoms with Crippen molar-refractivity contribution in [2.24, 2.45) is 0 Å². The average molecular weight is 648 g/mol. The first-order valence-corrected chi connectivity index (χ1v) is 18.9. The van der Waals surface area contributed by atoms with Crippen molar-refractivity contribution in [2.45, 2.75) is 5.40 Å². The third kappa shape index (κ3) is 5.81. The monoisotopic (exact) mass is 647 g/mol. The molecule has 0 aliphatic carbocycles. The van der Waals surface area contributed by atoms with Gasteiger partial charge in [0.2, 0.25) is 0 Å². The molecule has 0 spiro atoms. The Morgan fingerprint density at radius 1 is 0.383 bits per heavy atom. The molecular formula is C40H31N3O2P2. The minimum absolute atomic E-state index is 0.578. The predicted molar refractivity (Wildman–Crippen MR) is 193 cm³/mol. The Balaban J connectivity index is 1.64. The van der Waals surface area contributed by atoms with Gasteiger partial charge in [-0.25, -0.2) is 4.98 Å². The minimum atomic E-state index is -3.76. The molecule has 0 radical (unpaired) electrons. The molecule has 3 aromatic heterocycles. The summed E-state index contributed by atoms with van der Waals surface area (Å²) in [6.45, 7) is 0. The summed E-state index contributed by atoms with van der Waals surface area (Å²) >= 11 is 0. The van der Waals surface area contributed by atoms with Gasteiger partial charge in [0.05, 0.1) is 22.8 Å². The highest BCUT2D eigenvalue weighted by Crippen LogP contribution is 2.74. The normalized spacial score (nSPS) is 11.8. The Bertz CT molecular complexity index is 1940. The van der Waals surface area contributed by atoms with E-state index in [1.54, 1.807) is 12.4 Å². The van der Waals surface area contributed by atoms with Crippen molar-refractivity contribution in [1.82, 2.24) is 15.0 Å². The lowest BCUT2D eigenvalue weighted by Crippen LogP contribution is -2.28. The van der Waals surface area contributed by atoms with E-state index in [1.165, 1.54) is 0 Å². The highest BCUT2D eigenvalue weighted by molar-refractivity contribution is 7.94. The van der Waals surface area contributed by atoms with E-state index in [2.05, 4.69) is 9.97 Å². The summed E-state index contributed by atoms with van der Waals surface area (Å²) in [5.74, 6) is 0. The largest absolute Gasteiger partial charge is 0.312 e. The second-order valence-corrected chi connectivity index (χ2v) is 17.3. The van der Waals surface area contributed by atoms with Gasteiger partial charge >= 0.3 is 0 Å². The summed E-state index contributed by atoms with van der Waals surface area (Å²) < 4.78 is 33.2. The molecule has 0 aliphatic rings. The van der Waals surface area contributed by atoms with Crippen LogP contribution in [0, 0.1) is 0 Å². The molecule has 5 nitrogen and oxygen atoms in total. The summed E-state index contributed by atoms with van der Waals surface area (Å²) in [7, 11) is -7.53. The van der Waals surface area contributed by atoms with E-state index in [0.29, 0.717) is 49.6 Å². The molecule has 0 bridgehead atoms. The smallest absolute Gasteiger partial charge is 0.158 e. The van der Waals surface area contributed by atoms with Crippen LogP contribution in [0.1, 0.15) is 11.0 Å². The van der Waals surface area contributed by atoms with Crippen LogP contribution in [0.4, 0.5) is 0 Å². The third-order valence-corrected chi connectivity index (χ3v) is 16.4. The summed E-state index contributed by atoms with van der Waals surface area (Å²) in [6.07, 6.45) is 3.44. The van der Waals surface area contributed by atoms with Crippen LogP contribution in [0.2, 0.25) is 0 Å². The quantitative estimate of drug-likeness (QED) is 0.148. The molecule has 0 unspecified atom stereocenters. The molecule has 0 saturated heterocycles. The maximum Gasteiger partial charge on any atom is 0.158 e. The van der Waals surface area contributed by atoms with E-state index in [4.69, 9.17) is 4.98 Å². The van der Waals surface area contributed by atoms with Crippen LogP contribution in [0.5, 0.6) is 0 Å². The predicted octanol–water partition coefficient (Wildman–Crippen LogP) is 8.23. The van der Waals surface area contributed by atoms with E-state index in [-0.39, 0.29) is 0 Å². The third-order valence-electron chi connectivity index (χ3n) is 8.25. The fraction of sp³-hybridized carbons (Fsp3) is 0.0250. The summed E-state index contributed by atoms with van der Waals surface area (Å²) in [5, 5.41) is 1.49. The summed E-state index contributed by atoms with van der Waals surface area (Å²) in [6, 6.07) is 53.0. The maximum absolute atomic E-state index is 16.6. The Kier molecular flexibility index (Phi) is 8.59. The minimum Gasteiger partial charge on any atom is -0.312 e. The number of rotatable bonds is 9. The van der Waals surface area contributed by atoms with Crippen LogP contribution in [0.25, 0.3) is 22.8 Å². The van der Waals surface area contributed by atoms with Gasteiger partial charge in [-0.3, -0.25) is 9.97 Å². The Morgan fingerprint density at radius 2 is 0.702 bits per heavy atom. The molecule has 7 aromatic rings. The number of benzene rings is 4. The fourth-order valence-corrected chi connectivity index (χ4v) is 14.9. The second-order valence-electron chi connectivity index (χ2n) is 11.1. The molecule has 3 heterocycles. The van der Waals surface area contributed by atoms with Gasteiger partial charge in [-0.1, -0.05) is 133 Å². The van der Waals surface area contributed by atoms with Gasteiger partial charge < -0.3 is 9.13 Å². The lowest BCUT2D eigenvalue weighted by atomic mass is 10.1. The molecule has 4 aromatic carbocycles. The van der Waals surface area contributed by atoms with Crippen molar-refractivity contribution in [1.29, 1.82) is 0 Å². The van der Waals surface area contributed by atoms with Gasteiger partial charge in [-0.2, -0.15) is 0 Å². The molecule has 0 saturated carbocycles. The molecule has 0 fully saturated rings. The van der Waals surface area contributed by atoms with Gasteiger partial charge in [-0.05, 0) is 42.0 Å². The molecule has 228 valence electrons. The number of aromatic nitrogens is 3. The molecule has 0 N–H and O–H groups in total. The summed E-state index contributed by atoms with van der Waals surface area (Å²) in [4.78, 5) is 14.2. The maximum atomic E-state index is 16.6. The van der Waals surface area contributed by atoms with Crippen molar-refractivity contribution >= 4 is 35.5 Å². The standard InChI is InChI=1S/C40H31N3O2P2/c44-46(32-17-5-1-6-18-32,33-19-7-2-8-20-33)40(47(45,34-21-9-3-10-22-34)35-23-11-4-12-24-35)31-29-38(36-25-13-15-27-41-36)43-39(30-31)37-26-14-16-28-42-37/h1-30,40H. The van der Waals surface area contributed by atoms with Crippen molar-refractivity contribution in [3.8, 4) is 22.8 Å². The van der Waals surface area contributed by atoms with E-state index in [1.807, 2.05) is 170 Å². The van der Waals surface area contributed by atoms with Gasteiger partial charge in [0, 0.05) is 33.6 Å². The topological polar surface area (TPSA) is 72.8 Å². The first kappa shape index (κ1) is 30.4. The fourth-order valence-electron chi connectivity index (χ4n) is 6.10. The molecule has 0 atom stereocenters. The average Bonchev–Trinajstić information content (AvgIpc) is 3.16. The van der Waals surface area contributed by atoms with Crippen molar-refractivity contribution < 1.29 is 9.13 Å². The van der Waals surface area contributed by atoms with Crippen molar-refractivity contribution in [3.63, 3.8) is 0 Å². The van der Waals surface area contributed by atoms with Crippen LogP contribution in [0.15, 0.2) is 182 Å². The highest BCUT2D eigenvalue weighted by Gasteiger charge is 2.51. The zero-order valence-corrected chi connectivity index (χ0v) is 27.2. The lowest BCUT2D eigenvalue weighted by Gasteiger charge is -2.36. The Labute approximate surface area is 274 Å². The van der Waals surface area contributed by atoms with Crippen molar-refractivity contribution in [3.05, 3.63) is 188 Å². The van der Waals surface area contributed by atoms with E-state index >= 15 is 9.13 Å². The van der Waals surface area contributed by atoms with Gasteiger partial charge in [0.25, 0.3) is 0 Å². The molecule has 0 amide bonds. The molecule has 7 heteroatoms. The number of hydrogen-bond donors (Lipinski definition) is 0. The zero-order chi connectivity index (χ0) is 32.1. The first-order chi connectivity index (χ1) is 23.1. The SMILES string of the molecule is O=P(c1ccccc1)(c1ccccc1)C(c1cc(-c2ccccn2)nc(-c2ccccn2)c1)P(=O)(c1ccccc1)c1ccccc1. The molecule has 0 aliphatic heterocycles. The lowest BCUT2D eigenvalue weighted by molar-refractivity contribution is 0.574. The second kappa shape index (κ2) is 13.3. The van der Waals surface area contributed by atoms with E-state index in [0.717, 1.165) is 0 Å². The molecule has 47 heavy (non-hydrogen) atoms. The first-order valence-electron chi connectivity index (χ1n) is 15.4. The van der Waals surface area contributed by atoms with E-state index < -0.39 is 19.7 Å². The number of pyridine rings is 3. The summed E-state index contributed by atoms with van der Waals surface area (Å²) in [5.41, 5.74) is 3.08. The van der Waals surface area contributed by atoms with Gasteiger partial charge in [0.15, 0.2) is 14.3 Å². The highest BCUT2D eigenvalue weighted by atomic mass is 31.2. The van der Waals surface area contributed by atoms with Crippen molar-refractivity contribution in [2.75, 3.05) is 0 Å². The molecule has 7 rings (SSSR count). The Hall–Kier alpha value is -5.21. The van der Waals surface area contributed by atoms with Crippen LogP contribution >= 0.6 is 14.3 Å². The van der Waals surface area contributed by atoms with Crippen LogP contribution < -0.4 is 21.2 Å². The van der Waals surface area contributed by atoms with Crippen LogP contribution in [-0.2, 0) is 9.13 Å². The number of nitrogens with zero attached hydrogens (tertiary/aromatic N) is 3.